The summed E-state index contributed by atoms with van der Waals surface area (Å²) in [6, 6.07) is 26.1. The first-order valence-corrected chi connectivity index (χ1v) is 11.1. The number of para-hydroxylation sites is 1. The van der Waals surface area contributed by atoms with Crippen molar-refractivity contribution in [1.29, 1.82) is 0 Å². The molecule has 4 aromatic rings. The van der Waals surface area contributed by atoms with E-state index in [1.807, 2.05) is 36.4 Å². The van der Waals surface area contributed by atoms with Gasteiger partial charge in [-0.15, -0.1) is 0 Å². The lowest BCUT2D eigenvalue weighted by Crippen LogP contribution is -2.16. The van der Waals surface area contributed by atoms with Gasteiger partial charge in [-0.25, -0.2) is 8.42 Å². The van der Waals surface area contributed by atoms with Gasteiger partial charge in [-0.1, -0.05) is 66.7 Å². The van der Waals surface area contributed by atoms with Gasteiger partial charge in [0.1, 0.15) is 0 Å². The topological polar surface area (TPSA) is 78.3 Å². The molecule has 3 aromatic carbocycles. The van der Waals surface area contributed by atoms with Crippen molar-refractivity contribution in [2.45, 2.75) is 23.1 Å². The lowest BCUT2D eigenvalue weighted by molar-refractivity contribution is -0.134. The number of sulfone groups is 1. The minimum atomic E-state index is -3.97. The zero-order valence-corrected chi connectivity index (χ0v) is 17.6. The van der Waals surface area contributed by atoms with E-state index < -0.39 is 15.8 Å². The average Bonchev–Trinajstić information content (AvgIpc) is 3.12. The number of aromatic nitrogens is 2. The van der Waals surface area contributed by atoms with E-state index in [4.69, 9.17) is 4.74 Å². The second kappa shape index (κ2) is 8.57. The molecule has 4 rings (SSSR count). The van der Waals surface area contributed by atoms with Crippen LogP contribution < -0.4 is 4.74 Å². The first-order chi connectivity index (χ1) is 15.0. The van der Waals surface area contributed by atoms with Crippen molar-refractivity contribution in [1.82, 2.24) is 9.78 Å². The maximum Gasteiger partial charge on any atom is 0.317 e. The number of carbonyl (C=O) groups excluding carboxylic acids is 1. The van der Waals surface area contributed by atoms with E-state index in [9.17, 15) is 13.2 Å². The lowest BCUT2D eigenvalue weighted by Gasteiger charge is -2.11. The Hall–Kier alpha value is -3.71. The molecule has 0 N–H and O–H groups in total. The summed E-state index contributed by atoms with van der Waals surface area (Å²) in [5.41, 5.74) is 1.60. The number of hydrogen-bond acceptors (Lipinski definition) is 5. The van der Waals surface area contributed by atoms with Crippen LogP contribution in [-0.4, -0.2) is 24.2 Å². The highest BCUT2D eigenvalue weighted by Gasteiger charge is 2.31. The summed E-state index contributed by atoms with van der Waals surface area (Å²) in [6.45, 7) is 1.59. The van der Waals surface area contributed by atoms with Gasteiger partial charge in [0, 0.05) is 0 Å². The SMILES string of the molecule is Cc1nn(-c2ccccc2)c(OC(=O)Cc2ccccc2)c1S(=O)(=O)c1ccccc1. The Morgan fingerprint density at radius 1 is 0.871 bits per heavy atom. The molecule has 0 fully saturated rings. The fourth-order valence-corrected chi connectivity index (χ4v) is 4.80. The highest BCUT2D eigenvalue weighted by Crippen LogP contribution is 2.34. The molecule has 156 valence electrons. The van der Waals surface area contributed by atoms with Crippen molar-refractivity contribution in [3.05, 3.63) is 102 Å². The molecular weight excluding hydrogens is 412 g/mol. The van der Waals surface area contributed by atoms with Crippen LogP contribution in [0.15, 0.2) is 101 Å². The molecule has 1 heterocycles. The highest BCUT2D eigenvalue weighted by atomic mass is 32.2. The zero-order valence-electron chi connectivity index (χ0n) is 16.8. The molecule has 0 saturated carbocycles. The molecule has 31 heavy (non-hydrogen) atoms. The van der Waals surface area contributed by atoms with Crippen molar-refractivity contribution in [3.63, 3.8) is 0 Å². The third kappa shape index (κ3) is 4.27. The van der Waals surface area contributed by atoms with Gasteiger partial charge in [-0.05, 0) is 36.8 Å². The van der Waals surface area contributed by atoms with E-state index in [1.54, 1.807) is 49.4 Å². The van der Waals surface area contributed by atoms with Gasteiger partial charge in [0.15, 0.2) is 4.90 Å². The smallest absolute Gasteiger partial charge is 0.317 e. The standard InChI is InChI=1S/C24H20N2O4S/c1-18-23(31(28,29)21-15-9-4-10-16-21)24(26(25-18)20-13-7-3-8-14-20)30-22(27)17-19-11-5-2-6-12-19/h2-16H,17H2,1H3. The largest absolute Gasteiger partial charge is 0.406 e. The van der Waals surface area contributed by atoms with E-state index in [-0.39, 0.29) is 27.8 Å². The summed E-state index contributed by atoms with van der Waals surface area (Å²) in [7, 11) is -3.97. The van der Waals surface area contributed by atoms with Crippen LogP contribution in [0.4, 0.5) is 0 Å². The summed E-state index contributed by atoms with van der Waals surface area (Å²) >= 11 is 0. The third-order valence-corrected chi connectivity index (χ3v) is 6.59. The summed E-state index contributed by atoms with van der Waals surface area (Å²) in [6.07, 6.45) is 0.00464. The minimum Gasteiger partial charge on any atom is -0.406 e. The number of aryl methyl sites for hydroxylation is 1. The van der Waals surface area contributed by atoms with E-state index >= 15 is 0 Å². The molecule has 0 aliphatic heterocycles. The molecular formula is C24H20N2O4S. The fraction of sp³-hybridized carbons (Fsp3) is 0.0833. The molecule has 7 heteroatoms. The molecule has 0 atom stereocenters. The van der Waals surface area contributed by atoms with Gasteiger partial charge >= 0.3 is 5.97 Å². The normalized spacial score (nSPS) is 11.3. The van der Waals surface area contributed by atoms with Crippen LogP contribution in [0.3, 0.4) is 0 Å². The Morgan fingerprint density at radius 2 is 1.42 bits per heavy atom. The molecule has 0 spiro atoms. The van der Waals surface area contributed by atoms with Crippen LogP contribution in [0, 0.1) is 6.92 Å². The molecule has 0 unspecified atom stereocenters. The number of benzene rings is 3. The van der Waals surface area contributed by atoms with Gasteiger partial charge in [-0.3, -0.25) is 4.79 Å². The van der Waals surface area contributed by atoms with E-state index in [0.29, 0.717) is 5.69 Å². The highest BCUT2D eigenvalue weighted by molar-refractivity contribution is 7.91. The van der Waals surface area contributed by atoms with Crippen LogP contribution in [0.2, 0.25) is 0 Å². The Balaban J connectivity index is 1.82. The maximum absolute atomic E-state index is 13.4. The second-order valence-corrected chi connectivity index (χ2v) is 8.81. The average molecular weight is 433 g/mol. The summed E-state index contributed by atoms with van der Waals surface area (Å²) < 4.78 is 33.8. The molecule has 0 radical (unpaired) electrons. The predicted molar refractivity (Wildman–Crippen MR) is 116 cm³/mol. The molecule has 6 nitrogen and oxygen atoms in total. The van der Waals surface area contributed by atoms with E-state index in [1.165, 1.54) is 16.8 Å². The van der Waals surface area contributed by atoms with Crippen LogP contribution in [0.25, 0.3) is 5.69 Å². The van der Waals surface area contributed by atoms with Crippen molar-refractivity contribution in [3.8, 4) is 11.6 Å². The molecule has 0 aliphatic rings. The number of hydrogen-bond donors (Lipinski definition) is 0. The summed E-state index contributed by atoms with van der Waals surface area (Å²) in [4.78, 5) is 12.7. The zero-order chi connectivity index (χ0) is 21.8. The second-order valence-electron chi connectivity index (χ2n) is 6.92. The number of nitrogens with zero attached hydrogens (tertiary/aromatic N) is 2. The Labute approximate surface area is 180 Å². The molecule has 0 aliphatic carbocycles. The summed E-state index contributed by atoms with van der Waals surface area (Å²) in [5.74, 6) is -0.693. The quantitative estimate of drug-likeness (QED) is 0.428. The van der Waals surface area contributed by atoms with Gasteiger partial charge in [0.25, 0.3) is 0 Å². The van der Waals surface area contributed by atoms with E-state index in [0.717, 1.165) is 5.56 Å². The fourth-order valence-electron chi connectivity index (χ4n) is 3.26. The minimum absolute atomic E-state index is 0.00464. The summed E-state index contributed by atoms with van der Waals surface area (Å²) in [5, 5.41) is 4.39. The van der Waals surface area contributed by atoms with Crippen molar-refractivity contribution < 1.29 is 17.9 Å². The number of ether oxygens (including phenoxy) is 1. The van der Waals surface area contributed by atoms with Gasteiger partial charge in [0.05, 0.1) is 22.7 Å². The van der Waals surface area contributed by atoms with Crippen LogP contribution >= 0.6 is 0 Å². The Kier molecular flexibility index (Phi) is 5.68. The van der Waals surface area contributed by atoms with Gasteiger partial charge in [0.2, 0.25) is 15.7 Å². The van der Waals surface area contributed by atoms with Crippen molar-refractivity contribution in [2.75, 3.05) is 0 Å². The first-order valence-electron chi connectivity index (χ1n) is 9.66. The van der Waals surface area contributed by atoms with Crippen LogP contribution in [0.1, 0.15) is 11.3 Å². The number of esters is 1. The van der Waals surface area contributed by atoms with E-state index in [2.05, 4.69) is 5.10 Å². The molecule has 1 aromatic heterocycles. The van der Waals surface area contributed by atoms with Crippen molar-refractivity contribution >= 4 is 15.8 Å². The Bertz CT molecular complexity index is 1300. The maximum atomic E-state index is 13.4. The molecule has 0 amide bonds. The van der Waals surface area contributed by atoms with Crippen LogP contribution in [0.5, 0.6) is 5.88 Å². The first kappa shape index (κ1) is 20.6. The molecule has 0 bridgehead atoms. The third-order valence-electron chi connectivity index (χ3n) is 4.69. The monoisotopic (exact) mass is 432 g/mol. The van der Waals surface area contributed by atoms with Crippen molar-refractivity contribution in [2.24, 2.45) is 0 Å². The lowest BCUT2D eigenvalue weighted by atomic mass is 10.2. The Morgan fingerprint density at radius 3 is 2.03 bits per heavy atom. The predicted octanol–water partition coefficient (Wildman–Crippen LogP) is 4.16. The van der Waals surface area contributed by atoms with Gasteiger partial charge in [-0.2, -0.15) is 9.78 Å². The van der Waals surface area contributed by atoms with Crippen LogP contribution in [-0.2, 0) is 21.1 Å². The molecule has 0 saturated heterocycles. The number of rotatable bonds is 6. The number of carbonyl (C=O) groups is 1. The van der Waals surface area contributed by atoms with Gasteiger partial charge < -0.3 is 4.74 Å².